The Hall–Kier alpha value is -3.45. The summed E-state index contributed by atoms with van der Waals surface area (Å²) in [6, 6.07) is 13.0. The number of halogens is 2. The zero-order valence-corrected chi connectivity index (χ0v) is 17.4. The van der Waals surface area contributed by atoms with Gasteiger partial charge in [-0.25, -0.2) is 9.82 Å². The molecule has 3 aromatic rings. The van der Waals surface area contributed by atoms with Crippen molar-refractivity contribution >= 4 is 35.3 Å². The number of nitrogens with one attached hydrogen (secondary N) is 2. The molecule has 1 heterocycles. The monoisotopic (exact) mass is 426 g/mol. The number of hydrazone groups is 1. The molecule has 0 saturated carbocycles. The SMILES string of the molecule is Cc1cc(Cl)ccc1NC(=O)C(=O)N/N=C\c1cc(C)n(-c2ccc(F)cc2)c1C. The van der Waals surface area contributed by atoms with Crippen molar-refractivity contribution in [1.82, 2.24) is 9.99 Å². The highest BCUT2D eigenvalue weighted by molar-refractivity contribution is 6.39. The van der Waals surface area contributed by atoms with Crippen LogP contribution in [0.15, 0.2) is 53.6 Å². The van der Waals surface area contributed by atoms with E-state index in [2.05, 4.69) is 15.8 Å². The fourth-order valence-electron chi connectivity index (χ4n) is 3.06. The average Bonchev–Trinajstić information content (AvgIpc) is 2.98. The first-order chi connectivity index (χ1) is 14.3. The van der Waals surface area contributed by atoms with Crippen LogP contribution in [0.3, 0.4) is 0 Å². The van der Waals surface area contributed by atoms with E-state index < -0.39 is 11.8 Å². The van der Waals surface area contributed by atoms with E-state index in [9.17, 15) is 14.0 Å². The molecule has 0 bridgehead atoms. The third-order valence-electron chi connectivity index (χ3n) is 4.57. The molecule has 154 valence electrons. The summed E-state index contributed by atoms with van der Waals surface area (Å²) in [4.78, 5) is 24.1. The van der Waals surface area contributed by atoms with Crippen molar-refractivity contribution in [1.29, 1.82) is 0 Å². The number of benzene rings is 2. The number of nitrogens with zero attached hydrogens (tertiary/aromatic N) is 2. The summed E-state index contributed by atoms with van der Waals surface area (Å²) < 4.78 is 15.1. The third kappa shape index (κ3) is 4.75. The van der Waals surface area contributed by atoms with Gasteiger partial charge < -0.3 is 9.88 Å². The fourth-order valence-corrected chi connectivity index (χ4v) is 3.29. The van der Waals surface area contributed by atoms with E-state index in [1.807, 2.05) is 24.5 Å². The second-order valence-corrected chi connectivity index (χ2v) is 7.19. The van der Waals surface area contributed by atoms with Gasteiger partial charge in [0.15, 0.2) is 0 Å². The van der Waals surface area contributed by atoms with Gasteiger partial charge in [-0.1, -0.05) is 11.6 Å². The molecule has 6 nitrogen and oxygen atoms in total. The molecule has 0 unspecified atom stereocenters. The van der Waals surface area contributed by atoms with E-state index in [0.29, 0.717) is 10.7 Å². The summed E-state index contributed by atoms with van der Waals surface area (Å²) in [5.74, 6) is -2.04. The van der Waals surface area contributed by atoms with Gasteiger partial charge in [0, 0.05) is 33.3 Å². The number of amides is 2. The molecule has 0 saturated heterocycles. The topological polar surface area (TPSA) is 75.5 Å². The highest BCUT2D eigenvalue weighted by Crippen LogP contribution is 2.20. The zero-order valence-electron chi connectivity index (χ0n) is 16.7. The van der Waals surface area contributed by atoms with Gasteiger partial charge in [-0.3, -0.25) is 9.59 Å². The molecule has 0 radical (unpaired) electrons. The molecule has 0 spiro atoms. The summed E-state index contributed by atoms with van der Waals surface area (Å²) in [5.41, 5.74) is 6.79. The molecule has 0 aliphatic rings. The number of hydrogen-bond donors (Lipinski definition) is 2. The highest BCUT2D eigenvalue weighted by atomic mass is 35.5. The number of aromatic nitrogens is 1. The van der Waals surface area contributed by atoms with Crippen LogP contribution in [-0.4, -0.2) is 22.6 Å². The van der Waals surface area contributed by atoms with Gasteiger partial charge in [0.1, 0.15) is 5.82 Å². The number of anilines is 1. The summed E-state index contributed by atoms with van der Waals surface area (Å²) in [6.07, 6.45) is 1.46. The number of carbonyl (C=O) groups is 2. The summed E-state index contributed by atoms with van der Waals surface area (Å²) in [7, 11) is 0. The van der Waals surface area contributed by atoms with Crippen molar-refractivity contribution in [2.45, 2.75) is 20.8 Å². The number of aryl methyl sites for hydroxylation is 2. The van der Waals surface area contributed by atoms with Crippen LogP contribution < -0.4 is 10.7 Å². The minimum atomic E-state index is -0.895. The molecule has 8 heteroatoms. The van der Waals surface area contributed by atoms with Crippen molar-refractivity contribution < 1.29 is 14.0 Å². The van der Waals surface area contributed by atoms with Crippen LogP contribution in [-0.2, 0) is 9.59 Å². The first-order valence-electron chi connectivity index (χ1n) is 9.11. The van der Waals surface area contributed by atoms with Gasteiger partial charge >= 0.3 is 11.8 Å². The Morgan fingerprint density at radius 3 is 2.40 bits per heavy atom. The van der Waals surface area contributed by atoms with Crippen LogP contribution in [0.4, 0.5) is 10.1 Å². The maximum absolute atomic E-state index is 13.2. The number of hydrogen-bond acceptors (Lipinski definition) is 3. The summed E-state index contributed by atoms with van der Waals surface area (Å²) >= 11 is 5.88. The molecule has 2 amide bonds. The number of rotatable bonds is 4. The molecule has 3 rings (SSSR count). The second kappa shape index (κ2) is 8.92. The van der Waals surface area contributed by atoms with E-state index in [0.717, 1.165) is 28.2 Å². The van der Waals surface area contributed by atoms with Gasteiger partial charge in [-0.2, -0.15) is 5.10 Å². The normalized spacial score (nSPS) is 11.0. The molecule has 0 aliphatic heterocycles. The molecule has 0 fully saturated rings. The van der Waals surface area contributed by atoms with Crippen LogP contribution in [0.5, 0.6) is 0 Å². The maximum atomic E-state index is 13.2. The van der Waals surface area contributed by atoms with Crippen molar-refractivity contribution in [2.75, 3.05) is 5.32 Å². The van der Waals surface area contributed by atoms with Crippen molar-refractivity contribution in [3.05, 3.63) is 81.9 Å². The standard InChI is InChI=1S/C22H20ClFN4O2/c1-13-10-17(23)4-9-20(13)26-21(29)22(30)27-25-12-16-11-14(2)28(15(16)3)19-7-5-18(24)6-8-19/h4-12H,1-3H3,(H,26,29)(H,27,30)/b25-12-. The Kier molecular flexibility index (Phi) is 6.32. The molecule has 2 N–H and O–H groups in total. The Labute approximate surface area is 178 Å². The van der Waals surface area contributed by atoms with Crippen LogP contribution in [0, 0.1) is 26.6 Å². The fraction of sp³-hybridized carbons (Fsp3) is 0.136. The smallest absolute Gasteiger partial charge is 0.318 e. The van der Waals surface area contributed by atoms with Crippen molar-refractivity contribution in [3.63, 3.8) is 0 Å². The molecule has 30 heavy (non-hydrogen) atoms. The average molecular weight is 427 g/mol. The van der Waals surface area contributed by atoms with E-state index in [1.165, 1.54) is 18.3 Å². The van der Waals surface area contributed by atoms with E-state index in [-0.39, 0.29) is 5.82 Å². The van der Waals surface area contributed by atoms with Crippen molar-refractivity contribution in [3.8, 4) is 5.69 Å². The first kappa shape index (κ1) is 21.3. The zero-order chi connectivity index (χ0) is 21.8. The molecule has 1 aromatic heterocycles. The number of carbonyl (C=O) groups excluding carboxylic acids is 2. The van der Waals surface area contributed by atoms with Gasteiger partial charge in [0.2, 0.25) is 0 Å². The lowest BCUT2D eigenvalue weighted by Crippen LogP contribution is -2.32. The lowest BCUT2D eigenvalue weighted by molar-refractivity contribution is -0.136. The van der Waals surface area contributed by atoms with Crippen molar-refractivity contribution in [2.24, 2.45) is 5.10 Å². The summed E-state index contributed by atoms with van der Waals surface area (Å²) in [6.45, 7) is 5.57. The molecule has 2 aromatic carbocycles. The lowest BCUT2D eigenvalue weighted by Gasteiger charge is -2.09. The van der Waals surface area contributed by atoms with E-state index in [1.54, 1.807) is 37.3 Å². The minimum absolute atomic E-state index is 0.308. The molecular weight excluding hydrogens is 407 g/mol. The van der Waals surface area contributed by atoms with E-state index in [4.69, 9.17) is 11.6 Å². The van der Waals surface area contributed by atoms with E-state index >= 15 is 0 Å². The predicted molar refractivity (Wildman–Crippen MR) is 116 cm³/mol. The van der Waals surface area contributed by atoms with Gasteiger partial charge in [0.25, 0.3) is 0 Å². The quantitative estimate of drug-likeness (QED) is 0.371. The Balaban J connectivity index is 1.67. The molecule has 0 aliphatic carbocycles. The van der Waals surface area contributed by atoms with Crippen LogP contribution in [0.25, 0.3) is 5.69 Å². The van der Waals surface area contributed by atoms with Gasteiger partial charge in [-0.15, -0.1) is 0 Å². The maximum Gasteiger partial charge on any atom is 0.329 e. The second-order valence-electron chi connectivity index (χ2n) is 6.75. The lowest BCUT2D eigenvalue weighted by atomic mass is 10.2. The third-order valence-corrected chi connectivity index (χ3v) is 4.80. The van der Waals surface area contributed by atoms with Gasteiger partial charge in [-0.05, 0) is 74.9 Å². The van der Waals surface area contributed by atoms with Gasteiger partial charge in [0.05, 0.1) is 6.21 Å². The molecular formula is C22H20ClFN4O2. The van der Waals surface area contributed by atoms with Crippen LogP contribution >= 0.6 is 11.6 Å². The first-order valence-corrected chi connectivity index (χ1v) is 9.49. The minimum Gasteiger partial charge on any atom is -0.318 e. The Morgan fingerprint density at radius 2 is 1.73 bits per heavy atom. The summed E-state index contributed by atoms with van der Waals surface area (Å²) in [5, 5.41) is 6.94. The molecule has 0 atom stereocenters. The highest BCUT2D eigenvalue weighted by Gasteiger charge is 2.14. The Bertz CT molecular complexity index is 1140. The van der Waals surface area contributed by atoms with Crippen LogP contribution in [0.2, 0.25) is 5.02 Å². The largest absolute Gasteiger partial charge is 0.329 e. The predicted octanol–water partition coefficient (Wildman–Crippen LogP) is 4.28. The van der Waals surface area contributed by atoms with Crippen LogP contribution in [0.1, 0.15) is 22.5 Å². The Morgan fingerprint density at radius 1 is 1.03 bits per heavy atom.